The third-order valence-electron chi connectivity index (χ3n) is 6.12. The van der Waals surface area contributed by atoms with Gasteiger partial charge in [-0.15, -0.1) is 0 Å². The Hall–Kier alpha value is -3.35. The number of rotatable bonds is 7. The SMILES string of the molecule is CN(C(=O)Oc1ccc(OCCN2CCC(O)(c3ccccc3)CC2)cc1)c1ccccc1. The van der Waals surface area contributed by atoms with Crippen molar-refractivity contribution in [2.45, 2.75) is 18.4 Å². The summed E-state index contributed by atoms with van der Waals surface area (Å²) in [5, 5.41) is 11.0. The lowest BCUT2D eigenvalue weighted by molar-refractivity contribution is -0.0278. The number of anilines is 1. The van der Waals surface area contributed by atoms with Crippen molar-refractivity contribution in [1.82, 2.24) is 4.90 Å². The van der Waals surface area contributed by atoms with E-state index in [1.807, 2.05) is 60.7 Å². The Balaban J connectivity index is 1.20. The summed E-state index contributed by atoms with van der Waals surface area (Å²) in [6, 6.07) is 26.3. The van der Waals surface area contributed by atoms with Gasteiger partial charge in [-0.2, -0.15) is 0 Å². The van der Waals surface area contributed by atoms with Gasteiger partial charge >= 0.3 is 6.09 Å². The molecule has 1 aliphatic heterocycles. The van der Waals surface area contributed by atoms with Gasteiger partial charge in [0.05, 0.1) is 5.60 Å². The molecule has 1 amide bonds. The molecule has 3 aromatic carbocycles. The summed E-state index contributed by atoms with van der Waals surface area (Å²) in [6.07, 6.45) is 0.985. The molecule has 0 aliphatic carbocycles. The first-order valence-electron chi connectivity index (χ1n) is 11.3. The Kier molecular flexibility index (Phi) is 7.27. The number of benzene rings is 3. The monoisotopic (exact) mass is 446 g/mol. The fraction of sp³-hybridized carbons (Fsp3) is 0.296. The van der Waals surface area contributed by atoms with Crippen LogP contribution in [0.15, 0.2) is 84.9 Å². The molecule has 6 nitrogen and oxygen atoms in total. The zero-order valence-corrected chi connectivity index (χ0v) is 18.9. The van der Waals surface area contributed by atoms with Crippen LogP contribution in [0.3, 0.4) is 0 Å². The average molecular weight is 447 g/mol. The molecular weight excluding hydrogens is 416 g/mol. The Morgan fingerprint density at radius 2 is 1.48 bits per heavy atom. The van der Waals surface area contributed by atoms with E-state index < -0.39 is 11.7 Å². The van der Waals surface area contributed by atoms with Crippen LogP contribution in [0.2, 0.25) is 0 Å². The van der Waals surface area contributed by atoms with Crippen molar-refractivity contribution in [3.05, 3.63) is 90.5 Å². The molecular formula is C27H30N2O4. The Morgan fingerprint density at radius 1 is 0.909 bits per heavy atom. The average Bonchev–Trinajstić information content (AvgIpc) is 2.87. The Morgan fingerprint density at radius 3 is 2.12 bits per heavy atom. The van der Waals surface area contributed by atoms with Crippen molar-refractivity contribution >= 4 is 11.8 Å². The van der Waals surface area contributed by atoms with Crippen LogP contribution < -0.4 is 14.4 Å². The van der Waals surface area contributed by atoms with E-state index in [0.29, 0.717) is 25.2 Å². The van der Waals surface area contributed by atoms with Gasteiger partial charge in [0.1, 0.15) is 18.1 Å². The fourth-order valence-corrected chi connectivity index (χ4v) is 4.01. The van der Waals surface area contributed by atoms with Crippen molar-refractivity contribution < 1.29 is 19.4 Å². The molecule has 1 fully saturated rings. The Bertz CT molecular complexity index is 1020. The van der Waals surface area contributed by atoms with E-state index >= 15 is 0 Å². The van der Waals surface area contributed by atoms with Gasteiger partial charge in [-0.25, -0.2) is 4.79 Å². The minimum Gasteiger partial charge on any atom is -0.492 e. The van der Waals surface area contributed by atoms with Crippen LogP contribution in [-0.4, -0.2) is 49.4 Å². The second-order valence-corrected chi connectivity index (χ2v) is 8.32. The number of piperidine rings is 1. The standard InChI is InChI=1S/C27H30N2O4/c1-28(23-10-6-3-7-11-23)26(30)33-25-14-12-24(13-15-25)32-21-20-29-18-16-27(31,17-19-29)22-8-4-2-5-9-22/h2-15,31H,16-21H2,1H3. The minimum atomic E-state index is -0.736. The number of hydrogen-bond acceptors (Lipinski definition) is 5. The van der Waals surface area contributed by atoms with Crippen LogP contribution in [0.4, 0.5) is 10.5 Å². The molecule has 0 atom stereocenters. The van der Waals surface area contributed by atoms with Crippen LogP contribution in [0.5, 0.6) is 11.5 Å². The van der Waals surface area contributed by atoms with Crippen molar-refractivity contribution in [3.8, 4) is 11.5 Å². The van der Waals surface area contributed by atoms with E-state index in [9.17, 15) is 9.90 Å². The van der Waals surface area contributed by atoms with Gasteiger partial charge in [-0.3, -0.25) is 9.80 Å². The normalized spacial score (nSPS) is 15.6. The zero-order valence-electron chi connectivity index (χ0n) is 18.9. The predicted molar refractivity (Wildman–Crippen MR) is 129 cm³/mol. The number of likely N-dealkylation sites (tertiary alicyclic amines) is 1. The van der Waals surface area contributed by atoms with Crippen molar-refractivity contribution in [1.29, 1.82) is 0 Å². The molecule has 33 heavy (non-hydrogen) atoms. The van der Waals surface area contributed by atoms with E-state index in [2.05, 4.69) is 4.90 Å². The maximum atomic E-state index is 12.3. The Labute approximate surface area is 195 Å². The number of aliphatic hydroxyl groups is 1. The van der Waals surface area contributed by atoms with E-state index in [-0.39, 0.29) is 0 Å². The van der Waals surface area contributed by atoms with Crippen LogP contribution >= 0.6 is 0 Å². The zero-order chi connectivity index (χ0) is 23.1. The summed E-state index contributed by atoms with van der Waals surface area (Å²) in [6.45, 7) is 3.01. The lowest BCUT2D eigenvalue weighted by atomic mass is 9.84. The minimum absolute atomic E-state index is 0.449. The first kappa shape index (κ1) is 22.8. The molecule has 6 heteroatoms. The van der Waals surface area contributed by atoms with Gasteiger partial charge in [-0.1, -0.05) is 48.5 Å². The number of carbonyl (C=O) groups is 1. The summed E-state index contributed by atoms with van der Waals surface area (Å²) < 4.78 is 11.3. The summed E-state index contributed by atoms with van der Waals surface area (Å²) in [5.74, 6) is 1.19. The third-order valence-corrected chi connectivity index (χ3v) is 6.12. The fourth-order valence-electron chi connectivity index (χ4n) is 4.01. The van der Waals surface area contributed by atoms with Crippen molar-refractivity contribution in [2.75, 3.05) is 38.2 Å². The highest BCUT2D eigenvalue weighted by atomic mass is 16.6. The van der Waals surface area contributed by atoms with Gasteiger partial charge in [0, 0.05) is 32.4 Å². The molecule has 1 aliphatic rings. The van der Waals surface area contributed by atoms with Crippen LogP contribution in [0, 0.1) is 0 Å². The van der Waals surface area contributed by atoms with Crippen LogP contribution in [0.1, 0.15) is 18.4 Å². The topological polar surface area (TPSA) is 62.2 Å². The molecule has 0 aromatic heterocycles. The molecule has 4 rings (SSSR count). The predicted octanol–water partition coefficient (Wildman–Crippen LogP) is 4.68. The maximum absolute atomic E-state index is 12.3. The van der Waals surface area contributed by atoms with E-state index in [1.54, 1.807) is 31.3 Å². The maximum Gasteiger partial charge on any atom is 0.419 e. The summed E-state index contributed by atoms with van der Waals surface area (Å²) in [5.41, 5.74) is 1.03. The number of para-hydroxylation sites is 1. The molecule has 1 saturated heterocycles. The van der Waals surface area contributed by atoms with E-state index in [1.165, 1.54) is 4.90 Å². The molecule has 0 spiro atoms. The van der Waals surface area contributed by atoms with Crippen LogP contribution in [-0.2, 0) is 5.60 Å². The van der Waals surface area contributed by atoms with Crippen molar-refractivity contribution in [2.24, 2.45) is 0 Å². The highest BCUT2D eigenvalue weighted by Crippen LogP contribution is 2.32. The molecule has 172 valence electrons. The number of hydrogen-bond donors (Lipinski definition) is 1. The van der Waals surface area contributed by atoms with Gasteiger partial charge in [0.15, 0.2) is 0 Å². The molecule has 1 N–H and O–H groups in total. The first-order valence-corrected chi connectivity index (χ1v) is 11.3. The highest BCUT2D eigenvalue weighted by Gasteiger charge is 2.33. The second-order valence-electron chi connectivity index (χ2n) is 8.32. The molecule has 1 heterocycles. The van der Waals surface area contributed by atoms with E-state index in [0.717, 1.165) is 36.6 Å². The lowest BCUT2D eigenvalue weighted by Crippen LogP contribution is -2.43. The molecule has 0 saturated carbocycles. The quantitative estimate of drug-likeness (QED) is 0.571. The number of ether oxygens (including phenoxy) is 2. The molecule has 0 bridgehead atoms. The summed E-state index contributed by atoms with van der Waals surface area (Å²) in [7, 11) is 1.68. The molecule has 0 radical (unpaired) electrons. The van der Waals surface area contributed by atoms with Crippen molar-refractivity contribution in [3.63, 3.8) is 0 Å². The van der Waals surface area contributed by atoms with Gasteiger partial charge in [0.2, 0.25) is 0 Å². The summed E-state index contributed by atoms with van der Waals surface area (Å²) in [4.78, 5) is 16.1. The molecule has 3 aromatic rings. The van der Waals surface area contributed by atoms with Gasteiger partial charge < -0.3 is 14.6 Å². The second kappa shape index (κ2) is 10.5. The summed E-state index contributed by atoms with van der Waals surface area (Å²) >= 11 is 0. The van der Waals surface area contributed by atoms with E-state index in [4.69, 9.17) is 9.47 Å². The number of carbonyl (C=O) groups excluding carboxylic acids is 1. The largest absolute Gasteiger partial charge is 0.492 e. The number of amides is 1. The third kappa shape index (κ3) is 5.92. The smallest absolute Gasteiger partial charge is 0.419 e. The highest BCUT2D eigenvalue weighted by molar-refractivity contribution is 5.88. The molecule has 0 unspecified atom stereocenters. The van der Waals surface area contributed by atoms with Crippen LogP contribution in [0.25, 0.3) is 0 Å². The van der Waals surface area contributed by atoms with Gasteiger partial charge in [0.25, 0.3) is 0 Å². The lowest BCUT2D eigenvalue weighted by Gasteiger charge is -2.38. The van der Waals surface area contributed by atoms with Gasteiger partial charge in [-0.05, 0) is 54.8 Å². The first-order chi connectivity index (χ1) is 16.0. The number of nitrogens with zero attached hydrogens (tertiary/aromatic N) is 2.